The SMILES string of the molecule is COc1ccccc1-n1c(C)c(C)n2c3c(=O)[nH]c(=O)n(C)c3nc12. The first kappa shape index (κ1) is 15.3. The fourth-order valence-corrected chi connectivity index (χ4v) is 3.22. The standard InChI is InChI=1S/C17H17N5O3/c1-9-10(2)22-13-14(20(3)17(24)19-15(13)23)18-16(22)21(9)11-7-5-6-8-12(11)25-4/h5-8H,1-4H3,(H,19,23,24). The number of aromatic nitrogens is 5. The number of fused-ring (bicyclic) bond motifs is 3. The van der Waals surface area contributed by atoms with Gasteiger partial charge < -0.3 is 4.74 Å². The van der Waals surface area contributed by atoms with Crippen LogP contribution in [0, 0.1) is 13.8 Å². The number of methoxy groups -OCH3 is 1. The van der Waals surface area contributed by atoms with Crippen LogP contribution in [0.15, 0.2) is 33.9 Å². The predicted octanol–water partition coefficient (Wildman–Crippen LogP) is 1.29. The van der Waals surface area contributed by atoms with Crippen molar-refractivity contribution in [2.24, 2.45) is 7.05 Å². The van der Waals surface area contributed by atoms with Crippen molar-refractivity contribution in [2.45, 2.75) is 13.8 Å². The summed E-state index contributed by atoms with van der Waals surface area (Å²) in [6, 6.07) is 7.59. The van der Waals surface area contributed by atoms with E-state index in [0.717, 1.165) is 17.1 Å². The van der Waals surface area contributed by atoms with Crippen LogP contribution in [0.3, 0.4) is 0 Å². The first-order valence-corrected chi connectivity index (χ1v) is 7.78. The van der Waals surface area contributed by atoms with Crippen LogP contribution in [0.25, 0.3) is 22.6 Å². The van der Waals surface area contributed by atoms with Crippen LogP contribution < -0.4 is 16.0 Å². The lowest BCUT2D eigenvalue weighted by Crippen LogP contribution is -2.28. The first-order valence-electron chi connectivity index (χ1n) is 7.78. The van der Waals surface area contributed by atoms with Crippen molar-refractivity contribution in [3.63, 3.8) is 0 Å². The zero-order valence-electron chi connectivity index (χ0n) is 14.3. The fourth-order valence-electron chi connectivity index (χ4n) is 3.22. The largest absolute Gasteiger partial charge is 0.495 e. The average molecular weight is 339 g/mol. The van der Waals surface area contributed by atoms with E-state index < -0.39 is 11.2 Å². The molecule has 8 heteroatoms. The number of aryl methyl sites for hydroxylation is 2. The summed E-state index contributed by atoms with van der Waals surface area (Å²) in [5.74, 6) is 1.25. The van der Waals surface area contributed by atoms with E-state index >= 15 is 0 Å². The summed E-state index contributed by atoms with van der Waals surface area (Å²) < 4.78 is 10.5. The molecule has 0 aliphatic carbocycles. The average Bonchev–Trinajstić information content (AvgIpc) is 3.10. The van der Waals surface area contributed by atoms with Gasteiger partial charge in [-0.3, -0.25) is 23.3 Å². The fraction of sp³-hybridized carbons (Fsp3) is 0.235. The molecular weight excluding hydrogens is 322 g/mol. The van der Waals surface area contributed by atoms with Gasteiger partial charge in [0.05, 0.1) is 12.8 Å². The molecule has 1 N–H and O–H groups in total. The van der Waals surface area contributed by atoms with E-state index in [-0.39, 0.29) is 0 Å². The summed E-state index contributed by atoms with van der Waals surface area (Å²) >= 11 is 0. The lowest BCUT2D eigenvalue weighted by molar-refractivity contribution is 0.413. The van der Waals surface area contributed by atoms with Gasteiger partial charge in [0.25, 0.3) is 5.56 Å². The van der Waals surface area contributed by atoms with Gasteiger partial charge >= 0.3 is 5.69 Å². The number of nitrogens with one attached hydrogen (secondary N) is 1. The molecule has 8 nitrogen and oxygen atoms in total. The number of benzene rings is 1. The molecule has 4 aromatic rings. The Kier molecular flexibility index (Phi) is 3.11. The quantitative estimate of drug-likeness (QED) is 0.596. The van der Waals surface area contributed by atoms with E-state index in [4.69, 9.17) is 4.74 Å². The minimum absolute atomic E-state index is 0.343. The highest BCUT2D eigenvalue weighted by molar-refractivity contribution is 5.77. The molecule has 0 atom stereocenters. The van der Waals surface area contributed by atoms with Crippen LogP contribution in [-0.2, 0) is 7.05 Å². The highest BCUT2D eigenvalue weighted by Gasteiger charge is 2.22. The predicted molar refractivity (Wildman–Crippen MR) is 93.9 cm³/mol. The molecule has 128 valence electrons. The van der Waals surface area contributed by atoms with Gasteiger partial charge in [-0.1, -0.05) is 12.1 Å². The first-order chi connectivity index (χ1) is 12.0. The molecule has 0 aliphatic heterocycles. The number of imidazole rings is 2. The summed E-state index contributed by atoms with van der Waals surface area (Å²) in [5.41, 5.74) is 2.37. The summed E-state index contributed by atoms with van der Waals surface area (Å²) in [5, 5.41) is 0. The van der Waals surface area contributed by atoms with Crippen LogP contribution in [-0.4, -0.2) is 30.6 Å². The van der Waals surface area contributed by atoms with Crippen molar-refractivity contribution in [1.82, 2.24) is 23.5 Å². The zero-order valence-corrected chi connectivity index (χ0v) is 14.3. The normalized spacial score (nSPS) is 11.5. The Morgan fingerprint density at radius 3 is 2.56 bits per heavy atom. The Bertz CT molecular complexity index is 1260. The molecule has 4 rings (SSSR count). The van der Waals surface area contributed by atoms with E-state index in [0.29, 0.717) is 22.7 Å². The van der Waals surface area contributed by atoms with E-state index in [1.807, 2.05) is 42.7 Å². The van der Waals surface area contributed by atoms with E-state index in [1.165, 1.54) is 4.57 Å². The topological polar surface area (TPSA) is 86.3 Å². The number of ether oxygens (including phenoxy) is 1. The van der Waals surface area contributed by atoms with E-state index in [2.05, 4.69) is 9.97 Å². The summed E-state index contributed by atoms with van der Waals surface area (Å²) in [6.45, 7) is 3.87. The Hall–Kier alpha value is -3.29. The smallest absolute Gasteiger partial charge is 0.329 e. The van der Waals surface area contributed by atoms with Crippen molar-refractivity contribution in [1.29, 1.82) is 0 Å². The molecule has 25 heavy (non-hydrogen) atoms. The number of hydrogen-bond donors (Lipinski definition) is 1. The molecule has 0 radical (unpaired) electrons. The summed E-state index contributed by atoms with van der Waals surface area (Å²) in [7, 11) is 3.20. The number of nitrogens with zero attached hydrogens (tertiary/aromatic N) is 4. The third-order valence-electron chi connectivity index (χ3n) is 4.62. The highest BCUT2D eigenvalue weighted by atomic mass is 16.5. The van der Waals surface area contributed by atoms with Crippen molar-refractivity contribution < 1.29 is 4.74 Å². The minimum atomic E-state index is -0.489. The van der Waals surface area contributed by atoms with Gasteiger partial charge in [-0.15, -0.1) is 0 Å². The van der Waals surface area contributed by atoms with Crippen LogP contribution in [0.4, 0.5) is 0 Å². The van der Waals surface area contributed by atoms with Crippen molar-refractivity contribution in [3.05, 3.63) is 56.5 Å². The van der Waals surface area contributed by atoms with Crippen LogP contribution >= 0.6 is 0 Å². The lowest BCUT2D eigenvalue weighted by atomic mass is 10.2. The van der Waals surface area contributed by atoms with Crippen LogP contribution in [0.1, 0.15) is 11.4 Å². The Balaban J connectivity index is 2.25. The second-order valence-electron chi connectivity index (χ2n) is 5.92. The van der Waals surface area contributed by atoms with Gasteiger partial charge in [-0.05, 0) is 26.0 Å². The minimum Gasteiger partial charge on any atom is -0.495 e. The molecule has 0 aliphatic rings. The third kappa shape index (κ3) is 1.90. The number of rotatable bonds is 2. The van der Waals surface area contributed by atoms with Crippen molar-refractivity contribution in [3.8, 4) is 11.4 Å². The number of aromatic amines is 1. The maximum atomic E-state index is 12.4. The van der Waals surface area contributed by atoms with E-state index in [9.17, 15) is 9.59 Å². The maximum absolute atomic E-state index is 12.4. The van der Waals surface area contributed by atoms with Gasteiger partial charge in [0.15, 0.2) is 11.2 Å². The molecule has 0 amide bonds. The van der Waals surface area contributed by atoms with Gasteiger partial charge in [-0.25, -0.2) is 4.79 Å². The van der Waals surface area contributed by atoms with Crippen LogP contribution in [0.5, 0.6) is 5.75 Å². The molecule has 0 saturated heterocycles. The molecule has 0 bridgehead atoms. The molecule has 0 spiro atoms. The molecular formula is C17H17N5O3. The van der Waals surface area contributed by atoms with Gasteiger partial charge in [-0.2, -0.15) is 4.98 Å². The zero-order chi connectivity index (χ0) is 17.9. The summed E-state index contributed by atoms with van der Waals surface area (Å²) in [6.07, 6.45) is 0. The monoisotopic (exact) mass is 339 g/mol. The Labute approximate surface area is 141 Å². The van der Waals surface area contributed by atoms with Gasteiger partial charge in [0.2, 0.25) is 5.78 Å². The second-order valence-corrected chi connectivity index (χ2v) is 5.92. The molecule has 0 fully saturated rings. The number of para-hydroxylation sites is 2. The molecule has 3 heterocycles. The lowest BCUT2D eigenvalue weighted by Gasteiger charge is -2.11. The molecule has 0 unspecified atom stereocenters. The molecule has 0 saturated carbocycles. The summed E-state index contributed by atoms with van der Waals surface area (Å²) in [4.78, 5) is 31.2. The van der Waals surface area contributed by atoms with Crippen molar-refractivity contribution in [2.75, 3.05) is 7.11 Å². The Morgan fingerprint density at radius 2 is 1.84 bits per heavy atom. The number of hydrogen-bond acceptors (Lipinski definition) is 4. The third-order valence-corrected chi connectivity index (χ3v) is 4.62. The van der Waals surface area contributed by atoms with Gasteiger partial charge in [0, 0.05) is 18.4 Å². The highest BCUT2D eigenvalue weighted by Crippen LogP contribution is 2.29. The van der Waals surface area contributed by atoms with Crippen LogP contribution in [0.2, 0.25) is 0 Å². The van der Waals surface area contributed by atoms with E-state index in [1.54, 1.807) is 18.6 Å². The molecule has 3 aromatic heterocycles. The maximum Gasteiger partial charge on any atom is 0.329 e. The molecule has 1 aromatic carbocycles. The number of H-pyrrole nitrogens is 1. The second kappa shape index (κ2) is 5.10. The Morgan fingerprint density at radius 1 is 1.12 bits per heavy atom. The van der Waals surface area contributed by atoms with Gasteiger partial charge in [0.1, 0.15) is 5.75 Å². The van der Waals surface area contributed by atoms with Crippen molar-refractivity contribution >= 4 is 16.9 Å².